The van der Waals surface area contributed by atoms with E-state index in [1.54, 1.807) is 12.2 Å². The van der Waals surface area contributed by atoms with Crippen LogP contribution >= 0.6 is 0 Å². The van der Waals surface area contributed by atoms with Gasteiger partial charge >= 0.3 is 7.12 Å². The molecule has 10 heteroatoms. The van der Waals surface area contributed by atoms with Crippen molar-refractivity contribution in [2.24, 2.45) is 11.8 Å². The maximum absolute atomic E-state index is 12.3. The van der Waals surface area contributed by atoms with E-state index in [1.165, 1.54) is 0 Å². The highest BCUT2D eigenvalue weighted by Gasteiger charge is 2.39. The summed E-state index contributed by atoms with van der Waals surface area (Å²) >= 11 is 0. The standard InChI is InChI=1S/C17H20BN3O5S/c22-18-5-14(16-13-1-2-19-17(13)20-6-15(16)26-18)11-3-12(4-11)21-27(23,24)9-10-7-25-8-10/h1-2,5-6,10-12,21-22H,3-4,7-9H2,(H,19,20)/t11-,12+. The summed E-state index contributed by atoms with van der Waals surface area (Å²) in [4.78, 5) is 7.40. The van der Waals surface area contributed by atoms with E-state index in [0.717, 1.165) is 22.2 Å². The van der Waals surface area contributed by atoms with Crippen molar-refractivity contribution in [1.29, 1.82) is 0 Å². The number of fused-ring (bicyclic) bond motifs is 3. The van der Waals surface area contributed by atoms with Crippen LogP contribution in [0.25, 0.3) is 16.6 Å². The van der Waals surface area contributed by atoms with Crippen molar-refractivity contribution in [2.45, 2.75) is 18.9 Å². The molecule has 0 unspecified atom stereocenters. The Morgan fingerprint density at radius 2 is 2.19 bits per heavy atom. The Morgan fingerprint density at radius 3 is 2.93 bits per heavy atom. The zero-order chi connectivity index (χ0) is 18.6. The van der Waals surface area contributed by atoms with E-state index >= 15 is 0 Å². The van der Waals surface area contributed by atoms with Crippen molar-refractivity contribution in [3.63, 3.8) is 0 Å². The predicted molar refractivity (Wildman–Crippen MR) is 100 cm³/mol. The molecule has 4 heterocycles. The molecule has 1 saturated carbocycles. The number of rotatable bonds is 5. The Bertz CT molecular complexity index is 1010. The van der Waals surface area contributed by atoms with Crippen molar-refractivity contribution < 1.29 is 22.8 Å². The second-order valence-corrected chi connectivity index (χ2v) is 9.33. The third-order valence-corrected chi connectivity index (χ3v) is 7.10. The number of nitrogens with zero attached hydrogens (tertiary/aromatic N) is 1. The number of sulfonamides is 1. The molecule has 3 aliphatic rings. The normalized spacial score (nSPS) is 25.4. The lowest BCUT2D eigenvalue weighted by molar-refractivity contribution is -0.0205. The van der Waals surface area contributed by atoms with Crippen LogP contribution in [-0.2, 0) is 14.8 Å². The monoisotopic (exact) mass is 389 g/mol. The summed E-state index contributed by atoms with van der Waals surface area (Å²) in [7, 11) is -4.31. The third kappa shape index (κ3) is 3.16. The molecule has 0 atom stereocenters. The fourth-order valence-corrected chi connectivity index (χ4v) is 5.69. The molecule has 1 aliphatic carbocycles. The Balaban J connectivity index is 1.32. The highest BCUT2D eigenvalue weighted by atomic mass is 32.2. The zero-order valence-corrected chi connectivity index (χ0v) is 15.4. The highest BCUT2D eigenvalue weighted by Crippen LogP contribution is 2.46. The number of aromatic amines is 1. The first-order valence-corrected chi connectivity index (χ1v) is 10.7. The fourth-order valence-electron chi connectivity index (χ4n) is 4.08. The molecule has 1 saturated heterocycles. The summed E-state index contributed by atoms with van der Waals surface area (Å²) in [5.41, 5.74) is 2.70. The minimum atomic E-state index is -3.29. The molecular formula is C17H20BN3O5S. The molecule has 3 N–H and O–H groups in total. The van der Waals surface area contributed by atoms with Gasteiger partial charge in [0, 0.05) is 29.1 Å². The first-order valence-electron chi connectivity index (χ1n) is 9.09. The summed E-state index contributed by atoms with van der Waals surface area (Å²) in [5, 5.41) is 11.0. The number of pyridine rings is 1. The van der Waals surface area contributed by atoms with Gasteiger partial charge in [0.2, 0.25) is 10.0 Å². The van der Waals surface area contributed by atoms with Crippen molar-refractivity contribution in [2.75, 3.05) is 19.0 Å². The quantitative estimate of drug-likeness (QED) is 0.649. The zero-order valence-electron chi connectivity index (χ0n) is 14.6. The molecule has 2 aromatic rings. The van der Waals surface area contributed by atoms with Crippen LogP contribution in [0.2, 0.25) is 0 Å². The van der Waals surface area contributed by atoms with Crippen LogP contribution in [0.1, 0.15) is 18.4 Å². The highest BCUT2D eigenvalue weighted by molar-refractivity contribution is 7.89. The molecule has 0 bridgehead atoms. The van der Waals surface area contributed by atoms with Crippen molar-refractivity contribution in [1.82, 2.24) is 14.7 Å². The Morgan fingerprint density at radius 1 is 1.37 bits per heavy atom. The van der Waals surface area contributed by atoms with Crippen molar-refractivity contribution in [3.8, 4) is 5.75 Å². The lowest BCUT2D eigenvalue weighted by Gasteiger charge is -2.39. The average Bonchev–Trinajstić information content (AvgIpc) is 3.02. The molecule has 0 radical (unpaired) electrons. The molecule has 2 aromatic heterocycles. The third-order valence-electron chi connectivity index (χ3n) is 5.50. The van der Waals surface area contributed by atoms with Gasteiger partial charge in [0.1, 0.15) is 11.4 Å². The Kier molecular flexibility index (Phi) is 4.05. The van der Waals surface area contributed by atoms with Crippen LogP contribution in [0.3, 0.4) is 0 Å². The number of aromatic nitrogens is 2. The largest absolute Gasteiger partial charge is 0.552 e. The van der Waals surface area contributed by atoms with E-state index in [4.69, 9.17) is 9.39 Å². The van der Waals surface area contributed by atoms with E-state index < -0.39 is 17.1 Å². The molecule has 0 aromatic carbocycles. The second-order valence-electron chi connectivity index (χ2n) is 7.54. The van der Waals surface area contributed by atoms with Crippen molar-refractivity contribution in [3.05, 3.63) is 30.0 Å². The second kappa shape index (κ2) is 6.34. The van der Waals surface area contributed by atoms with Crippen LogP contribution in [0.15, 0.2) is 24.4 Å². The van der Waals surface area contributed by atoms with E-state index in [2.05, 4.69) is 14.7 Å². The van der Waals surface area contributed by atoms with Gasteiger partial charge in [0.15, 0.2) is 0 Å². The summed E-state index contributed by atoms with van der Waals surface area (Å²) < 4.78 is 37.9. The summed E-state index contributed by atoms with van der Waals surface area (Å²) in [6.45, 7) is 1.05. The van der Waals surface area contributed by atoms with E-state index in [0.29, 0.717) is 31.8 Å². The topological polar surface area (TPSA) is 114 Å². The number of allylic oxidation sites excluding steroid dienone is 1. The van der Waals surface area contributed by atoms with Gasteiger partial charge < -0.3 is 19.4 Å². The lowest BCUT2D eigenvalue weighted by Crippen LogP contribution is -2.48. The smallest absolute Gasteiger partial charge is 0.531 e. The van der Waals surface area contributed by atoms with Gasteiger partial charge in [0.25, 0.3) is 0 Å². The summed E-state index contributed by atoms with van der Waals surface area (Å²) in [5.74, 6) is 2.68. The van der Waals surface area contributed by atoms with Crippen LogP contribution < -0.4 is 9.38 Å². The summed E-state index contributed by atoms with van der Waals surface area (Å²) in [6.07, 6.45) is 4.84. The molecule has 2 aliphatic heterocycles. The van der Waals surface area contributed by atoms with Crippen LogP contribution in [0.5, 0.6) is 5.75 Å². The molecule has 5 rings (SSSR count). The van der Waals surface area contributed by atoms with E-state index in [9.17, 15) is 13.4 Å². The first-order chi connectivity index (χ1) is 13.0. The van der Waals surface area contributed by atoms with Gasteiger partial charge in [-0.2, -0.15) is 0 Å². The number of hydrogen-bond donors (Lipinski definition) is 3. The number of H-pyrrole nitrogens is 1. The number of nitrogens with one attached hydrogen (secondary N) is 2. The molecule has 27 heavy (non-hydrogen) atoms. The maximum Gasteiger partial charge on any atom is 0.552 e. The fraction of sp³-hybridized carbons (Fsp3) is 0.471. The lowest BCUT2D eigenvalue weighted by atomic mass is 9.68. The Hall–Kier alpha value is -1.88. The molecule has 0 spiro atoms. The van der Waals surface area contributed by atoms with Gasteiger partial charge in [-0.3, -0.25) is 0 Å². The molecule has 2 fully saturated rings. The SMILES string of the molecule is O=S(=O)(CC1COC1)N[C@H]1C[C@@H](C2=CB(O)Oc3cnc4[nH]ccc4c32)C1. The van der Waals surface area contributed by atoms with E-state index in [1.807, 2.05) is 12.3 Å². The average molecular weight is 389 g/mol. The maximum atomic E-state index is 12.3. The number of ether oxygens (including phenoxy) is 1. The van der Waals surface area contributed by atoms with E-state index in [-0.39, 0.29) is 23.6 Å². The first kappa shape index (κ1) is 17.2. The van der Waals surface area contributed by atoms with Crippen LogP contribution in [0.4, 0.5) is 0 Å². The van der Waals surface area contributed by atoms with Gasteiger partial charge in [-0.1, -0.05) is 0 Å². The molecule has 0 amide bonds. The van der Waals surface area contributed by atoms with Gasteiger partial charge in [-0.25, -0.2) is 18.1 Å². The molecule has 8 nitrogen and oxygen atoms in total. The van der Waals surface area contributed by atoms with Crippen LogP contribution in [0, 0.1) is 11.8 Å². The van der Waals surface area contributed by atoms with Gasteiger partial charge in [-0.05, 0) is 36.4 Å². The summed E-state index contributed by atoms with van der Waals surface area (Å²) in [6, 6.07) is 1.86. The number of hydrogen-bond acceptors (Lipinski definition) is 6. The minimum Gasteiger partial charge on any atom is -0.531 e. The Labute approximate surface area is 157 Å². The van der Waals surface area contributed by atoms with Gasteiger partial charge in [0.05, 0.1) is 25.2 Å². The molecule has 142 valence electrons. The molecular weight excluding hydrogens is 369 g/mol. The minimum absolute atomic E-state index is 0.0751. The van der Waals surface area contributed by atoms with Crippen molar-refractivity contribution >= 4 is 33.7 Å². The predicted octanol–water partition coefficient (Wildman–Crippen LogP) is 0.703. The van der Waals surface area contributed by atoms with Crippen LogP contribution in [-0.4, -0.2) is 55.5 Å². The van der Waals surface area contributed by atoms with Gasteiger partial charge in [-0.15, -0.1) is 0 Å².